The quantitative estimate of drug-likeness (QED) is 0.165. The maximum atomic E-state index is 6.57. The first-order chi connectivity index (χ1) is 25.8. The largest absolute Gasteiger partial charge is 0.456 e. The van der Waals surface area contributed by atoms with Crippen LogP contribution in [-0.4, -0.2) is 0 Å². The molecule has 10 aromatic rings. The van der Waals surface area contributed by atoms with Crippen molar-refractivity contribution < 1.29 is 4.42 Å². The smallest absolute Gasteiger partial charge is 0.137 e. The Bertz CT molecular complexity index is 2870. The van der Waals surface area contributed by atoms with Crippen LogP contribution in [0.2, 0.25) is 0 Å². The highest BCUT2D eigenvalue weighted by Gasteiger charge is 2.20. The summed E-state index contributed by atoms with van der Waals surface area (Å²) in [5.74, 6) is 0. The van der Waals surface area contributed by atoms with Gasteiger partial charge in [0.2, 0.25) is 0 Å². The third-order valence-corrected chi connectivity index (χ3v) is 10.3. The molecule has 10 rings (SSSR count). The molecule has 52 heavy (non-hydrogen) atoms. The van der Waals surface area contributed by atoms with Crippen LogP contribution in [0, 0.1) is 0 Å². The first kappa shape index (κ1) is 30.0. The van der Waals surface area contributed by atoms with E-state index in [0.717, 1.165) is 44.6 Å². The van der Waals surface area contributed by atoms with Crippen molar-refractivity contribution in [1.82, 2.24) is 0 Å². The van der Waals surface area contributed by atoms with Crippen LogP contribution in [-0.2, 0) is 0 Å². The lowest BCUT2D eigenvalue weighted by atomic mass is 9.97. The van der Waals surface area contributed by atoms with Gasteiger partial charge in [-0.05, 0) is 110 Å². The Morgan fingerprint density at radius 3 is 1.54 bits per heavy atom. The van der Waals surface area contributed by atoms with Crippen LogP contribution >= 0.6 is 0 Å². The zero-order valence-electron chi connectivity index (χ0n) is 28.4. The number of benzene rings is 9. The lowest BCUT2D eigenvalue weighted by Gasteiger charge is -2.26. The molecule has 9 aromatic carbocycles. The monoisotopic (exact) mass is 663 g/mol. The number of nitrogens with zero attached hydrogens (tertiary/aromatic N) is 1. The van der Waals surface area contributed by atoms with Crippen molar-refractivity contribution in [1.29, 1.82) is 0 Å². The second-order valence-electron chi connectivity index (χ2n) is 13.3. The van der Waals surface area contributed by atoms with Gasteiger partial charge >= 0.3 is 0 Å². The van der Waals surface area contributed by atoms with E-state index in [-0.39, 0.29) is 0 Å². The third kappa shape index (κ3) is 5.21. The minimum absolute atomic E-state index is 0.864. The van der Waals surface area contributed by atoms with E-state index in [4.69, 9.17) is 4.42 Å². The average Bonchev–Trinajstić information content (AvgIpc) is 3.61. The fourth-order valence-electron chi connectivity index (χ4n) is 7.65. The lowest BCUT2D eigenvalue weighted by Crippen LogP contribution is -2.10. The minimum Gasteiger partial charge on any atom is -0.456 e. The number of fused-ring (bicyclic) bond motifs is 6. The van der Waals surface area contributed by atoms with Crippen molar-refractivity contribution in [2.24, 2.45) is 0 Å². The van der Waals surface area contributed by atoms with Gasteiger partial charge in [0.15, 0.2) is 0 Å². The second-order valence-corrected chi connectivity index (χ2v) is 13.3. The van der Waals surface area contributed by atoms with Crippen LogP contribution < -0.4 is 4.90 Å². The van der Waals surface area contributed by atoms with Crippen LogP contribution in [0.3, 0.4) is 0 Å². The molecule has 0 N–H and O–H groups in total. The Hall–Kier alpha value is -6.90. The molecule has 1 aromatic heterocycles. The van der Waals surface area contributed by atoms with Crippen LogP contribution in [0.25, 0.3) is 76.9 Å². The van der Waals surface area contributed by atoms with Gasteiger partial charge in [0, 0.05) is 16.8 Å². The van der Waals surface area contributed by atoms with Gasteiger partial charge in [-0.3, -0.25) is 0 Å². The molecular formula is C50H33NO. The zero-order valence-corrected chi connectivity index (χ0v) is 28.4. The predicted molar refractivity (Wildman–Crippen MR) is 220 cm³/mol. The van der Waals surface area contributed by atoms with E-state index in [1.54, 1.807) is 0 Å². The molecule has 2 heteroatoms. The molecule has 0 saturated carbocycles. The molecule has 0 saturated heterocycles. The molecule has 1 heterocycles. The van der Waals surface area contributed by atoms with Crippen molar-refractivity contribution in [3.8, 4) is 33.4 Å². The summed E-state index contributed by atoms with van der Waals surface area (Å²) < 4.78 is 6.57. The number of hydrogen-bond acceptors (Lipinski definition) is 2. The SMILES string of the molecule is c1ccc(-c2ccc(N(c3ccc(-c4ccc5ccc6ccccc6c5c4)cc3)c3cccc4oc5cc(-c6ccccc6)ccc5c34)cc2)cc1. The highest BCUT2D eigenvalue weighted by Crippen LogP contribution is 2.44. The van der Waals surface area contributed by atoms with Crippen LogP contribution in [0.1, 0.15) is 0 Å². The van der Waals surface area contributed by atoms with Gasteiger partial charge in [0.05, 0.1) is 11.1 Å². The summed E-state index contributed by atoms with van der Waals surface area (Å²) >= 11 is 0. The molecule has 0 unspecified atom stereocenters. The van der Waals surface area contributed by atoms with E-state index in [9.17, 15) is 0 Å². The van der Waals surface area contributed by atoms with Gasteiger partial charge in [0.1, 0.15) is 11.2 Å². The fourth-order valence-corrected chi connectivity index (χ4v) is 7.65. The Labute approximate surface area is 302 Å². The highest BCUT2D eigenvalue weighted by molar-refractivity contribution is 6.14. The fraction of sp³-hybridized carbons (Fsp3) is 0. The second kappa shape index (κ2) is 12.5. The van der Waals surface area contributed by atoms with Crippen molar-refractivity contribution in [2.75, 3.05) is 4.90 Å². The molecule has 0 spiro atoms. The normalized spacial score (nSPS) is 11.5. The van der Waals surface area contributed by atoms with E-state index in [1.165, 1.54) is 49.4 Å². The molecule has 0 aliphatic heterocycles. The maximum absolute atomic E-state index is 6.57. The lowest BCUT2D eigenvalue weighted by molar-refractivity contribution is 0.669. The van der Waals surface area contributed by atoms with E-state index >= 15 is 0 Å². The molecule has 2 nitrogen and oxygen atoms in total. The Morgan fingerprint density at radius 1 is 0.308 bits per heavy atom. The zero-order chi connectivity index (χ0) is 34.4. The van der Waals surface area contributed by atoms with E-state index in [1.807, 2.05) is 6.07 Å². The summed E-state index contributed by atoms with van der Waals surface area (Å²) in [5, 5.41) is 7.24. The first-order valence-electron chi connectivity index (χ1n) is 17.8. The molecule has 244 valence electrons. The molecule has 0 aliphatic rings. The molecule has 0 aliphatic carbocycles. The molecular weight excluding hydrogens is 631 g/mol. The standard InChI is InChI=1S/C50H33NO/c1-3-10-34(11-4-1)36-22-27-42(28-23-36)51(47-16-9-17-48-50(47)45-31-26-41(33-49(45)52-48)35-12-5-2-6-13-35)43-29-24-37(25-30-43)40-21-20-39-19-18-38-14-7-8-15-44(38)46(39)32-40/h1-33H. The first-order valence-corrected chi connectivity index (χ1v) is 17.8. The molecule has 0 radical (unpaired) electrons. The minimum atomic E-state index is 0.864. The molecule has 0 fully saturated rings. The summed E-state index contributed by atoms with van der Waals surface area (Å²) in [6.07, 6.45) is 0. The Balaban J connectivity index is 1.11. The maximum Gasteiger partial charge on any atom is 0.137 e. The summed E-state index contributed by atoms with van der Waals surface area (Å²) in [7, 11) is 0. The Kier molecular flexibility index (Phi) is 7.18. The van der Waals surface area contributed by atoms with Crippen molar-refractivity contribution in [3.63, 3.8) is 0 Å². The molecule has 0 atom stereocenters. The average molecular weight is 664 g/mol. The van der Waals surface area contributed by atoms with E-state index < -0.39 is 0 Å². The van der Waals surface area contributed by atoms with Crippen molar-refractivity contribution in [3.05, 3.63) is 200 Å². The van der Waals surface area contributed by atoms with Gasteiger partial charge in [-0.1, -0.05) is 146 Å². The Morgan fingerprint density at radius 2 is 0.827 bits per heavy atom. The van der Waals surface area contributed by atoms with Crippen LogP contribution in [0.4, 0.5) is 17.1 Å². The summed E-state index contributed by atoms with van der Waals surface area (Å²) in [5.41, 5.74) is 12.0. The van der Waals surface area contributed by atoms with Gasteiger partial charge in [0.25, 0.3) is 0 Å². The number of furan rings is 1. The summed E-state index contributed by atoms with van der Waals surface area (Å²) in [6.45, 7) is 0. The van der Waals surface area contributed by atoms with E-state index in [2.05, 4.69) is 199 Å². The van der Waals surface area contributed by atoms with Crippen molar-refractivity contribution in [2.45, 2.75) is 0 Å². The summed E-state index contributed by atoms with van der Waals surface area (Å²) in [6, 6.07) is 71.6. The van der Waals surface area contributed by atoms with Crippen LogP contribution in [0.5, 0.6) is 0 Å². The van der Waals surface area contributed by atoms with Crippen LogP contribution in [0.15, 0.2) is 205 Å². The van der Waals surface area contributed by atoms with Gasteiger partial charge in [-0.25, -0.2) is 0 Å². The van der Waals surface area contributed by atoms with Gasteiger partial charge in [-0.15, -0.1) is 0 Å². The van der Waals surface area contributed by atoms with E-state index in [0.29, 0.717) is 0 Å². The van der Waals surface area contributed by atoms with Gasteiger partial charge < -0.3 is 9.32 Å². The topological polar surface area (TPSA) is 16.4 Å². The van der Waals surface area contributed by atoms with Crippen molar-refractivity contribution >= 4 is 60.5 Å². The number of rotatable bonds is 6. The number of anilines is 3. The highest BCUT2D eigenvalue weighted by atomic mass is 16.3. The van der Waals surface area contributed by atoms with Gasteiger partial charge in [-0.2, -0.15) is 0 Å². The predicted octanol–water partition coefficient (Wildman–Crippen LogP) is 14.4. The summed E-state index contributed by atoms with van der Waals surface area (Å²) in [4.78, 5) is 2.36. The molecule has 0 bridgehead atoms. The third-order valence-electron chi connectivity index (χ3n) is 10.3. The molecule has 0 amide bonds. The number of hydrogen-bond donors (Lipinski definition) is 0.